The number of benzene rings is 1. The third-order valence-electron chi connectivity index (χ3n) is 3.77. The average molecular weight is 333 g/mol. The molecule has 0 radical (unpaired) electrons. The second-order valence-corrected chi connectivity index (χ2v) is 5.67. The van der Waals surface area contributed by atoms with E-state index in [1.54, 1.807) is 25.1 Å². The monoisotopic (exact) mass is 332 g/mol. The van der Waals surface area contributed by atoms with Gasteiger partial charge in [-0.3, -0.25) is 4.79 Å². The minimum Gasteiger partial charge on any atom is -0.481 e. The Hall–Kier alpha value is -0.970. The fourth-order valence-corrected chi connectivity index (χ4v) is 2.58. The third-order valence-corrected chi connectivity index (χ3v) is 4.01. The number of piperazine rings is 1. The van der Waals surface area contributed by atoms with E-state index in [-0.39, 0.29) is 24.4 Å². The van der Waals surface area contributed by atoms with Crippen molar-refractivity contribution in [3.8, 4) is 5.75 Å². The molecule has 1 aromatic carbocycles. The molecule has 118 valence electrons. The summed E-state index contributed by atoms with van der Waals surface area (Å²) in [6.07, 6.45) is -0.513. The molecule has 1 saturated heterocycles. The number of hydrogen-bond acceptors (Lipinski definition) is 3. The topological polar surface area (TPSA) is 41.6 Å². The number of nitrogens with zero attached hydrogens (tertiary/aromatic N) is 1. The quantitative estimate of drug-likeness (QED) is 0.925. The second kappa shape index (κ2) is 7.87. The van der Waals surface area contributed by atoms with Crippen LogP contribution in [0.5, 0.6) is 5.75 Å². The van der Waals surface area contributed by atoms with Gasteiger partial charge in [-0.2, -0.15) is 0 Å². The lowest BCUT2D eigenvalue weighted by Gasteiger charge is -2.39. The molecule has 0 aromatic heterocycles. The van der Waals surface area contributed by atoms with E-state index in [1.807, 2.05) is 11.0 Å². The number of carbonyl (C=O) groups is 1. The van der Waals surface area contributed by atoms with Crippen molar-refractivity contribution in [2.75, 3.05) is 13.1 Å². The number of nitrogens with one attached hydrogen (secondary N) is 1. The zero-order valence-electron chi connectivity index (χ0n) is 12.5. The number of halogens is 2. The number of ether oxygens (including phenoxy) is 1. The van der Waals surface area contributed by atoms with Crippen molar-refractivity contribution in [2.45, 2.75) is 39.0 Å². The Morgan fingerprint density at radius 3 is 2.86 bits per heavy atom. The zero-order valence-corrected chi connectivity index (χ0v) is 14.1. The highest BCUT2D eigenvalue weighted by atomic mass is 35.5. The Bertz CT molecular complexity index is 484. The van der Waals surface area contributed by atoms with E-state index in [4.69, 9.17) is 16.3 Å². The van der Waals surface area contributed by atoms with Crippen LogP contribution in [0.2, 0.25) is 5.02 Å². The molecule has 0 bridgehead atoms. The minimum absolute atomic E-state index is 0. The van der Waals surface area contributed by atoms with E-state index < -0.39 is 6.10 Å². The van der Waals surface area contributed by atoms with Gasteiger partial charge >= 0.3 is 0 Å². The molecule has 1 aromatic rings. The lowest BCUT2D eigenvalue weighted by atomic mass is 10.1. The molecule has 1 N–H and O–H groups in total. The molecule has 1 aliphatic rings. The van der Waals surface area contributed by atoms with Crippen molar-refractivity contribution in [2.24, 2.45) is 0 Å². The van der Waals surface area contributed by atoms with Gasteiger partial charge in [-0.15, -0.1) is 12.4 Å². The number of hydrogen-bond donors (Lipinski definition) is 1. The highest BCUT2D eigenvalue weighted by Gasteiger charge is 2.31. The van der Waals surface area contributed by atoms with Crippen LogP contribution in [0.3, 0.4) is 0 Å². The van der Waals surface area contributed by atoms with Gasteiger partial charge in [0.1, 0.15) is 5.75 Å². The largest absolute Gasteiger partial charge is 0.481 e. The van der Waals surface area contributed by atoms with Crippen LogP contribution in [-0.2, 0) is 4.79 Å². The van der Waals surface area contributed by atoms with Gasteiger partial charge in [0.25, 0.3) is 5.91 Å². The van der Waals surface area contributed by atoms with Crippen molar-refractivity contribution in [3.05, 3.63) is 29.3 Å². The Morgan fingerprint density at radius 1 is 1.48 bits per heavy atom. The fourth-order valence-electron chi connectivity index (χ4n) is 2.40. The predicted octanol–water partition coefficient (Wildman–Crippen LogP) is 2.74. The first-order valence-corrected chi connectivity index (χ1v) is 7.33. The zero-order chi connectivity index (χ0) is 14.7. The van der Waals surface area contributed by atoms with Crippen molar-refractivity contribution < 1.29 is 9.53 Å². The van der Waals surface area contributed by atoms with Crippen LogP contribution >= 0.6 is 24.0 Å². The van der Waals surface area contributed by atoms with Crippen molar-refractivity contribution in [1.29, 1.82) is 0 Å². The molecular weight excluding hydrogens is 311 g/mol. The number of amides is 1. The Morgan fingerprint density at radius 2 is 2.19 bits per heavy atom. The van der Waals surface area contributed by atoms with Crippen molar-refractivity contribution in [1.82, 2.24) is 10.2 Å². The van der Waals surface area contributed by atoms with Gasteiger partial charge in [0.05, 0.1) is 0 Å². The summed E-state index contributed by atoms with van der Waals surface area (Å²) in [4.78, 5) is 14.4. The van der Waals surface area contributed by atoms with E-state index >= 15 is 0 Å². The first kappa shape index (κ1) is 18.1. The lowest BCUT2D eigenvalue weighted by molar-refractivity contribution is -0.141. The van der Waals surface area contributed by atoms with Crippen LogP contribution in [0.1, 0.15) is 20.8 Å². The van der Waals surface area contributed by atoms with Gasteiger partial charge in [-0.1, -0.05) is 17.7 Å². The highest BCUT2D eigenvalue weighted by molar-refractivity contribution is 6.30. The third kappa shape index (κ3) is 4.50. The van der Waals surface area contributed by atoms with E-state index in [0.717, 1.165) is 6.54 Å². The molecule has 3 atom stereocenters. The summed E-state index contributed by atoms with van der Waals surface area (Å²) in [6, 6.07) is 7.58. The summed E-state index contributed by atoms with van der Waals surface area (Å²) in [5.74, 6) is 0.639. The Labute approximate surface area is 137 Å². The van der Waals surface area contributed by atoms with Crippen LogP contribution in [0.4, 0.5) is 0 Å². The fraction of sp³-hybridized carbons (Fsp3) is 0.533. The smallest absolute Gasteiger partial charge is 0.263 e. The minimum atomic E-state index is -0.513. The van der Waals surface area contributed by atoms with Crippen LogP contribution in [-0.4, -0.2) is 42.1 Å². The Kier molecular flexibility index (Phi) is 6.78. The van der Waals surface area contributed by atoms with Gasteiger partial charge < -0.3 is 15.0 Å². The second-order valence-electron chi connectivity index (χ2n) is 5.23. The summed E-state index contributed by atoms with van der Waals surface area (Å²) in [7, 11) is 0. The van der Waals surface area contributed by atoms with Gasteiger partial charge in [0.15, 0.2) is 6.10 Å². The summed E-state index contributed by atoms with van der Waals surface area (Å²) in [5, 5.41) is 3.96. The maximum Gasteiger partial charge on any atom is 0.263 e. The van der Waals surface area contributed by atoms with E-state index in [1.165, 1.54) is 0 Å². The van der Waals surface area contributed by atoms with Crippen molar-refractivity contribution >= 4 is 29.9 Å². The molecule has 6 heteroatoms. The first-order valence-electron chi connectivity index (χ1n) is 6.95. The van der Waals surface area contributed by atoms with E-state index in [0.29, 0.717) is 23.4 Å². The molecule has 21 heavy (non-hydrogen) atoms. The molecule has 0 saturated carbocycles. The molecule has 0 spiro atoms. The summed E-state index contributed by atoms with van der Waals surface area (Å²) in [6.45, 7) is 7.46. The van der Waals surface area contributed by atoms with Crippen LogP contribution in [0.25, 0.3) is 0 Å². The summed E-state index contributed by atoms with van der Waals surface area (Å²) in [5.41, 5.74) is 0. The molecule has 1 amide bonds. The maximum atomic E-state index is 12.5. The Balaban J connectivity index is 0.00000220. The highest BCUT2D eigenvalue weighted by Crippen LogP contribution is 2.19. The van der Waals surface area contributed by atoms with Gasteiger partial charge in [-0.25, -0.2) is 0 Å². The molecule has 0 aliphatic carbocycles. The van der Waals surface area contributed by atoms with Crippen LogP contribution in [0.15, 0.2) is 24.3 Å². The number of rotatable bonds is 3. The van der Waals surface area contributed by atoms with Gasteiger partial charge in [-0.05, 0) is 39.0 Å². The number of carbonyl (C=O) groups excluding carboxylic acids is 1. The molecule has 4 nitrogen and oxygen atoms in total. The van der Waals surface area contributed by atoms with Crippen molar-refractivity contribution in [3.63, 3.8) is 0 Å². The normalized spacial score (nSPS) is 23.1. The predicted molar refractivity (Wildman–Crippen MR) is 87.4 cm³/mol. The summed E-state index contributed by atoms with van der Waals surface area (Å²) >= 11 is 5.92. The molecule has 1 fully saturated rings. The SMILES string of the molecule is CC(Oc1cccc(Cl)c1)C(=O)N1CCNC(C)C1C.Cl. The average Bonchev–Trinajstić information content (AvgIpc) is 2.41. The molecule has 2 rings (SSSR count). The molecular formula is C15H22Cl2N2O2. The van der Waals surface area contributed by atoms with Crippen LogP contribution < -0.4 is 10.1 Å². The molecule has 1 aliphatic heterocycles. The standard InChI is InChI=1S/C15H21ClN2O2.ClH/c1-10-11(2)18(8-7-17-10)15(19)12(3)20-14-6-4-5-13(16)9-14;/h4-6,9-12,17H,7-8H2,1-3H3;1H. The summed E-state index contributed by atoms with van der Waals surface area (Å²) < 4.78 is 5.70. The van der Waals surface area contributed by atoms with E-state index in [9.17, 15) is 4.79 Å². The van der Waals surface area contributed by atoms with Gasteiger partial charge in [0, 0.05) is 30.2 Å². The molecule has 1 heterocycles. The first-order chi connectivity index (χ1) is 9.49. The molecule has 3 unspecified atom stereocenters. The van der Waals surface area contributed by atoms with E-state index in [2.05, 4.69) is 19.2 Å². The maximum absolute atomic E-state index is 12.5. The lowest BCUT2D eigenvalue weighted by Crippen LogP contribution is -2.59. The van der Waals surface area contributed by atoms with Gasteiger partial charge in [0.2, 0.25) is 0 Å². The van der Waals surface area contributed by atoms with Crippen LogP contribution in [0, 0.1) is 0 Å².